The topological polar surface area (TPSA) is 171 Å². The van der Waals surface area contributed by atoms with Crippen molar-refractivity contribution >= 4 is 26.5 Å². The number of hydrogen-bond acceptors (Lipinski definition) is 9. The van der Waals surface area contributed by atoms with Crippen LogP contribution in [0.25, 0.3) is 0 Å². The zero-order valence-corrected chi connectivity index (χ0v) is 37.6. The molecule has 0 aliphatic rings. The molecule has 0 heterocycles. The minimum atomic E-state index is -4.94. The number of hydrogen-bond donors (Lipinski definition) is 8. The van der Waals surface area contributed by atoms with Gasteiger partial charge in [0, 0.05) is 0 Å². The predicted molar refractivity (Wildman–Crippen MR) is 222 cm³/mol. The fourth-order valence-electron chi connectivity index (χ4n) is 5.82. The van der Waals surface area contributed by atoms with E-state index >= 15 is 0 Å². The summed E-state index contributed by atoms with van der Waals surface area (Å²) in [5, 5.41) is 34.6. The maximum Gasteiger partial charge on any atom is 0.0627 e. The number of rotatable bonds is 8. The van der Waals surface area contributed by atoms with Crippen LogP contribution in [0.15, 0.2) is 24.3 Å². The van der Waals surface area contributed by atoms with Crippen molar-refractivity contribution in [2.24, 2.45) is 5.41 Å². The Labute approximate surface area is 316 Å². The van der Waals surface area contributed by atoms with Crippen molar-refractivity contribution in [3.8, 4) is 0 Å². The Kier molecular flexibility index (Phi) is 15.2. The molecule has 8 N–H and O–H groups in total. The summed E-state index contributed by atoms with van der Waals surface area (Å²) in [6.45, 7) is 35.7. The van der Waals surface area contributed by atoms with Crippen LogP contribution in [0, 0.1) is 5.41 Å². The summed E-state index contributed by atoms with van der Waals surface area (Å²) in [5.41, 5.74) is 1.80. The van der Waals surface area contributed by atoms with Crippen LogP contribution in [0.3, 0.4) is 0 Å². The van der Waals surface area contributed by atoms with Crippen LogP contribution >= 0.6 is 15.9 Å². The fraction of sp³-hybridized carbons (Fsp3) is 0.707. The molecule has 2 rings (SSSR count). The zero-order chi connectivity index (χ0) is 41.5. The van der Waals surface area contributed by atoms with Crippen molar-refractivity contribution in [2.75, 3.05) is 26.4 Å². The summed E-state index contributed by atoms with van der Waals surface area (Å²) in [4.78, 5) is 48.5. The molecule has 304 valence electrons. The Hall–Kier alpha value is -1.06. The van der Waals surface area contributed by atoms with Gasteiger partial charge in [-0.15, -0.1) is 0 Å². The van der Waals surface area contributed by atoms with Crippen molar-refractivity contribution in [1.82, 2.24) is 0 Å². The number of aliphatic hydroxyl groups excluding tert-OH is 4. The minimum absolute atomic E-state index is 0.182. The maximum atomic E-state index is 12.1. The van der Waals surface area contributed by atoms with Crippen LogP contribution in [0.5, 0.6) is 0 Å². The molecule has 0 aliphatic carbocycles. The Morgan fingerprint density at radius 3 is 0.692 bits per heavy atom. The van der Waals surface area contributed by atoms with Gasteiger partial charge in [-0.3, -0.25) is 0 Å². The Balaban J connectivity index is 0.00000132. The molecule has 0 unspecified atom stereocenters. The molecular weight excluding hydrogens is 698 g/mol. The summed E-state index contributed by atoms with van der Waals surface area (Å²) in [5.74, 6) is 0. The second-order valence-corrected chi connectivity index (χ2v) is 25.1. The molecule has 0 aliphatic heterocycles. The van der Waals surface area contributed by atoms with Crippen molar-refractivity contribution in [1.29, 1.82) is 0 Å². The molecule has 0 saturated heterocycles. The van der Waals surface area contributed by atoms with Crippen molar-refractivity contribution < 1.29 is 44.3 Å². The van der Waals surface area contributed by atoms with E-state index in [0.29, 0.717) is 10.6 Å². The Morgan fingerprint density at radius 1 is 0.385 bits per heavy atom. The van der Waals surface area contributed by atoms with Gasteiger partial charge in [-0.2, -0.15) is 0 Å². The van der Waals surface area contributed by atoms with Crippen molar-refractivity contribution in [2.45, 2.75) is 157 Å². The van der Waals surface area contributed by atoms with Crippen LogP contribution < -0.4 is 10.6 Å². The van der Waals surface area contributed by atoms with Gasteiger partial charge in [-0.1, -0.05) is 0 Å². The van der Waals surface area contributed by atoms with Crippen LogP contribution in [-0.4, -0.2) is 66.4 Å². The van der Waals surface area contributed by atoms with Gasteiger partial charge in [0.2, 0.25) is 0 Å². The van der Waals surface area contributed by atoms with Crippen LogP contribution in [0.2, 0.25) is 0 Å². The molecule has 0 amide bonds. The average Bonchev–Trinajstić information content (AvgIpc) is 2.94. The van der Waals surface area contributed by atoms with Gasteiger partial charge >= 0.3 is 265 Å². The van der Waals surface area contributed by atoms with Gasteiger partial charge in [0.05, 0.1) is 31.8 Å². The third-order valence-electron chi connectivity index (χ3n) is 9.52. The monoisotopic (exact) mass is 774 g/mol. The first-order valence-corrected chi connectivity index (χ1v) is 21.9. The third kappa shape index (κ3) is 12.0. The molecule has 0 atom stereocenters. The smallest absolute Gasteiger partial charge is 0.0627 e. The van der Waals surface area contributed by atoms with E-state index in [0.717, 1.165) is 33.4 Å². The van der Waals surface area contributed by atoms with Crippen LogP contribution in [0.4, 0.5) is 0 Å². The van der Waals surface area contributed by atoms with Gasteiger partial charge in [0.1, 0.15) is 0 Å². The quantitative estimate of drug-likeness (QED) is 0.143. The largest absolute Gasteiger partial charge is 0.396 e. The second-order valence-electron chi connectivity index (χ2n) is 20.8. The van der Waals surface area contributed by atoms with Crippen LogP contribution in [0.1, 0.15) is 158 Å². The van der Waals surface area contributed by atoms with E-state index < -0.39 is 69.4 Å². The standard InChI is InChI=1S/C36H64O5P2.C5H12O4/c1-31(2,3)23-19-25(33(7,8)9)29(26(20-23)34(10,11)12)42(37,38)41-43(39,40)30-27(35(13,14)15)21-24(32(4,5)6)22-28(30)36(16,17)18;6-1-5(2-7,3-8)4-9/h19-22,37-40,42-43H,1-18H3;6-9H,1-4H2. The molecule has 0 fully saturated rings. The molecule has 2 aromatic rings. The molecule has 2 aromatic carbocycles. The summed E-state index contributed by atoms with van der Waals surface area (Å²) >= 11 is 0. The van der Waals surface area contributed by atoms with E-state index in [1.54, 1.807) is 0 Å². The molecule has 0 saturated carbocycles. The molecule has 9 nitrogen and oxygen atoms in total. The Morgan fingerprint density at radius 2 is 0.577 bits per heavy atom. The SMILES string of the molecule is CC(C)(C)c1cc(C(C)(C)C)c([PH](O)(O)O[PH](O)(O)c2c(C(C)(C)C)cc(C(C)(C)C)cc2C(C)(C)C)c(C(C)(C)C)c1.OCC(CO)(CO)CO. The maximum absolute atomic E-state index is 12.1. The first-order valence-electron chi connectivity index (χ1n) is 18.3. The first kappa shape index (κ1) is 49.0. The van der Waals surface area contributed by atoms with E-state index in [9.17, 15) is 19.6 Å². The van der Waals surface area contributed by atoms with E-state index in [1.165, 1.54) is 0 Å². The normalized spacial score (nSPS) is 15.0. The summed E-state index contributed by atoms with van der Waals surface area (Å²) < 4.78 is 6.09. The van der Waals surface area contributed by atoms with Gasteiger partial charge in [-0.05, 0) is 0 Å². The van der Waals surface area contributed by atoms with E-state index in [4.69, 9.17) is 24.7 Å². The second kappa shape index (κ2) is 16.2. The van der Waals surface area contributed by atoms with Gasteiger partial charge in [0.15, 0.2) is 0 Å². The number of benzene rings is 2. The molecular formula is C41H76O9P2. The number of aliphatic hydroxyl groups is 4. The van der Waals surface area contributed by atoms with Crippen molar-refractivity contribution in [3.63, 3.8) is 0 Å². The zero-order valence-electron chi connectivity index (χ0n) is 35.6. The third-order valence-corrected chi connectivity index (χ3v) is 14.2. The van der Waals surface area contributed by atoms with E-state index in [-0.39, 0.29) is 10.8 Å². The molecule has 11 heteroatoms. The van der Waals surface area contributed by atoms with Crippen LogP contribution in [-0.2, 0) is 36.8 Å². The molecule has 52 heavy (non-hydrogen) atoms. The summed E-state index contributed by atoms with van der Waals surface area (Å²) in [6.07, 6.45) is 0. The summed E-state index contributed by atoms with van der Waals surface area (Å²) in [7, 11) is -9.88. The van der Waals surface area contributed by atoms with E-state index in [2.05, 4.69) is 41.5 Å². The fourth-order valence-corrected chi connectivity index (χ4v) is 11.4. The Bertz CT molecular complexity index is 1310. The first-order chi connectivity index (χ1) is 22.9. The average molecular weight is 775 g/mol. The minimum Gasteiger partial charge on any atom is -0.396 e. The summed E-state index contributed by atoms with van der Waals surface area (Å²) in [6, 6.07) is 8.16. The molecule has 0 radical (unpaired) electrons. The van der Waals surface area contributed by atoms with E-state index in [1.807, 2.05) is 107 Å². The van der Waals surface area contributed by atoms with Gasteiger partial charge in [0.25, 0.3) is 0 Å². The molecule has 0 aromatic heterocycles. The van der Waals surface area contributed by atoms with Gasteiger partial charge in [-0.25, -0.2) is 0 Å². The molecule has 0 bridgehead atoms. The predicted octanol–water partition coefficient (Wildman–Crippen LogP) is 6.34. The van der Waals surface area contributed by atoms with Crippen molar-refractivity contribution in [3.05, 3.63) is 57.6 Å². The molecule has 0 spiro atoms. The van der Waals surface area contributed by atoms with Gasteiger partial charge < -0.3 is 20.4 Å².